The molecule has 1 heterocycles. The number of benzene rings is 2. The molecule has 1 aliphatic rings. The molecule has 0 fully saturated rings. The number of nitrogens with one attached hydrogen (secondary N) is 1. The fourth-order valence-corrected chi connectivity index (χ4v) is 2.73. The molecule has 1 N–H and O–H groups in total. The van der Waals surface area contributed by atoms with Gasteiger partial charge >= 0.3 is 0 Å². The third kappa shape index (κ3) is 3.65. The first-order chi connectivity index (χ1) is 11.1. The van der Waals surface area contributed by atoms with Gasteiger partial charge in [-0.3, -0.25) is 4.79 Å². The minimum absolute atomic E-state index is 0.0280. The van der Waals surface area contributed by atoms with Crippen LogP contribution in [0, 0.1) is 0 Å². The van der Waals surface area contributed by atoms with E-state index < -0.39 is 0 Å². The number of hydrogen-bond acceptors (Lipinski definition) is 3. The van der Waals surface area contributed by atoms with Gasteiger partial charge < -0.3 is 15.0 Å². The van der Waals surface area contributed by atoms with Crippen molar-refractivity contribution in [2.75, 3.05) is 32.1 Å². The van der Waals surface area contributed by atoms with E-state index in [9.17, 15) is 4.79 Å². The zero-order valence-corrected chi connectivity index (χ0v) is 13.6. The average molecular weight is 310 g/mol. The van der Waals surface area contributed by atoms with Crippen LogP contribution in [0.5, 0.6) is 5.75 Å². The predicted molar refractivity (Wildman–Crippen MR) is 92.4 cm³/mol. The van der Waals surface area contributed by atoms with Gasteiger partial charge in [-0.05, 0) is 47.9 Å². The van der Waals surface area contributed by atoms with E-state index in [0.717, 1.165) is 30.9 Å². The van der Waals surface area contributed by atoms with Gasteiger partial charge in [0.05, 0.1) is 6.61 Å². The molecule has 1 aliphatic heterocycles. The number of carbonyl (C=O) groups is 1. The number of fused-ring (bicyclic) bond motifs is 1. The Kier molecular flexibility index (Phi) is 4.51. The van der Waals surface area contributed by atoms with Gasteiger partial charge in [0.25, 0.3) is 5.91 Å². The Morgan fingerprint density at radius 1 is 1.17 bits per heavy atom. The number of anilines is 1. The topological polar surface area (TPSA) is 41.6 Å². The Morgan fingerprint density at radius 3 is 2.70 bits per heavy atom. The lowest BCUT2D eigenvalue weighted by atomic mass is 10.1. The van der Waals surface area contributed by atoms with Gasteiger partial charge in [0.15, 0.2) is 0 Å². The average Bonchev–Trinajstić information content (AvgIpc) is 3.02. The lowest BCUT2D eigenvalue weighted by Gasteiger charge is -2.12. The molecule has 23 heavy (non-hydrogen) atoms. The maximum atomic E-state index is 12.2. The molecule has 0 atom stereocenters. The summed E-state index contributed by atoms with van der Waals surface area (Å²) in [4.78, 5) is 14.2. The van der Waals surface area contributed by atoms with Gasteiger partial charge in [-0.1, -0.05) is 12.1 Å². The van der Waals surface area contributed by atoms with E-state index in [1.807, 2.05) is 49.3 Å². The number of hydrogen-bond donors (Lipinski definition) is 1. The minimum Gasteiger partial charge on any atom is -0.493 e. The fourth-order valence-electron chi connectivity index (χ4n) is 2.73. The fraction of sp³-hybridized carbons (Fsp3) is 0.316. The first-order valence-corrected chi connectivity index (χ1v) is 7.94. The maximum Gasteiger partial charge on any atom is 0.251 e. The molecule has 4 heteroatoms. The number of amides is 1. The molecule has 0 radical (unpaired) electrons. The van der Waals surface area contributed by atoms with Gasteiger partial charge in [-0.25, -0.2) is 0 Å². The number of nitrogens with zero attached hydrogens (tertiary/aromatic N) is 1. The molecule has 0 bridgehead atoms. The normalized spacial score (nSPS) is 12.4. The Labute approximate surface area is 137 Å². The van der Waals surface area contributed by atoms with Crippen molar-refractivity contribution in [3.05, 3.63) is 59.2 Å². The Morgan fingerprint density at radius 2 is 1.96 bits per heavy atom. The van der Waals surface area contributed by atoms with Crippen LogP contribution in [0.2, 0.25) is 0 Å². The van der Waals surface area contributed by atoms with E-state index >= 15 is 0 Å². The van der Waals surface area contributed by atoms with E-state index in [0.29, 0.717) is 12.1 Å². The van der Waals surface area contributed by atoms with Crippen LogP contribution in [0.3, 0.4) is 0 Å². The SMILES string of the molecule is CN(C)c1ccc(C(=O)NCCc2ccc3c(c2)CCO3)cc1. The second-order valence-electron chi connectivity index (χ2n) is 5.99. The largest absolute Gasteiger partial charge is 0.493 e. The molecule has 2 aromatic carbocycles. The summed E-state index contributed by atoms with van der Waals surface area (Å²) in [7, 11) is 3.97. The molecule has 0 spiro atoms. The Balaban J connectivity index is 1.53. The Bertz CT molecular complexity index is 693. The zero-order valence-electron chi connectivity index (χ0n) is 13.6. The Hall–Kier alpha value is -2.49. The summed E-state index contributed by atoms with van der Waals surface area (Å²) < 4.78 is 5.51. The van der Waals surface area contributed by atoms with Crippen molar-refractivity contribution in [1.29, 1.82) is 0 Å². The van der Waals surface area contributed by atoms with Gasteiger partial charge in [-0.15, -0.1) is 0 Å². The highest BCUT2D eigenvalue weighted by Gasteiger charge is 2.12. The van der Waals surface area contributed by atoms with Gasteiger partial charge in [0.1, 0.15) is 5.75 Å². The first-order valence-electron chi connectivity index (χ1n) is 7.94. The standard InChI is InChI=1S/C19H22N2O2/c1-21(2)17-6-4-15(5-7-17)19(22)20-11-9-14-3-8-18-16(13-14)10-12-23-18/h3-8,13H,9-12H2,1-2H3,(H,20,22). The minimum atomic E-state index is -0.0280. The van der Waals surface area contributed by atoms with E-state index in [-0.39, 0.29) is 5.91 Å². The van der Waals surface area contributed by atoms with E-state index in [1.165, 1.54) is 11.1 Å². The maximum absolute atomic E-state index is 12.2. The van der Waals surface area contributed by atoms with Crippen molar-refractivity contribution in [1.82, 2.24) is 5.32 Å². The second-order valence-corrected chi connectivity index (χ2v) is 5.99. The first kappa shape index (κ1) is 15.4. The third-order valence-electron chi connectivity index (χ3n) is 4.10. The van der Waals surface area contributed by atoms with Crippen molar-refractivity contribution in [2.24, 2.45) is 0 Å². The molecule has 2 aromatic rings. The van der Waals surface area contributed by atoms with Crippen molar-refractivity contribution in [3.8, 4) is 5.75 Å². The van der Waals surface area contributed by atoms with Gasteiger partial charge in [0.2, 0.25) is 0 Å². The quantitative estimate of drug-likeness (QED) is 0.923. The summed E-state index contributed by atoms with van der Waals surface area (Å²) in [5.41, 5.74) is 4.28. The van der Waals surface area contributed by atoms with Crippen LogP contribution >= 0.6 is 0 Å². The van der Waals surface area contributed by atoms with Crippen LogP contribution in [0.4, 0.5) is 5.69 Å². The van der Waals surface area contributed by atoms with Crippen LogP contribution in [-0.2, 0) is 12.8 Å². The highest BCUT2D eigenvalue weighted by Crippen LogP contribution is 2.25. The summed E-state index contributed by atoms with van der Waals surface area (Å²) in [6.45, 7) is 1.41. The number of carbonyl (C=O) groups excluding carboxylic acids is 1. The second kappa shape index (κ2) is 6.73. The molecule has 0 saturated heterocycles. The van der Waals surface area contributed by atoms with E-state index in [1.54, 1.807) is 0 Å². The summed E-state index contributed by atoms with van der Waals surface area (Å²) in [6.07, 6.45) is 1.81. The van der Waals surface area contributed by atoms with Crippen LogP contribution in [0.15, 0.2) is 42.5 Å². The molecule has 0 aliphatic carbocycles. The van der Waals surface area contributed by atoms with Gasteiger partial charge in [0, 0.05) is 38.3 Å². The smallest absolute Gasteiger partial charge is 0.251 e. The lowest BCUT2D eigenvalue weighted by Crippen LogP contribution is -2.25. The molecule has 0 saturated carbocycles. The molecular weight excluding hydrogens is 288 g/mol. The third-order valence-corrected chi connectivity index (χ3v) is 4.10. The van der Waals surface area contributed by atoms with E-state index in [4.69, 9.17) is 4.74 Å². The van der Waals surface area contributed by atoms with Crippen molar-refractivity contribution < 1.29 is 9.53 Å². The summed E-state index contributed by atoms with van der Waals surface area (Å²) in [6, 6.07) is 13.9. The molecule has 120 valence electrons. The highest BCUT2D eigenvalue weighted by atomic mass is 16.5. The van der Waals surface area contributed by atoms with Crippen molar-refractivity contribution in [2.45, 2.75) is 12.8 Å². The highest BCUT2D eigenvalue weighted by molar-refractivity contribution is 5.94. The van der Waals surface area contributed by atoms with Crippen LogP contribution < -0.4 is 15.0 Å². The molecular formula is C19H22N2O2. The predicted octanol–water partition coefficient (Wildman–Crippen LogP) is 2.66. The lowest BCUT2D eigenvalue weighted by molar-refractivity contribution is 0.0954. The van der Waals surface area contributed by atoms with Crippen LogP contribution in [-0.4, -0.2) is 33.2 Å². The molecule has 4 nitrogen and oxygen atoms in total. The van der Waals surface area contributed by atoms with Gasteiger partial charge in [-0.2, -0.15) is 0 Å². The monoisotopic (exact) mass is 310 g/mol. The zero-order chi connectivity index (χ0) is 16.2. The number of rotatable bonds is 5. The van der Waals surface area contributed by atoms with Crippen molar-refractivity contribution in [3.63, 3.8) is 0 Å². The van der Waals surface area contributed by atoms with Crippen molar-refractivity contribution >= 4 is 11.6 Å². The van der Waals surface area contributed by atoms with Crippen LogP contribution in [0.25, 0.3) is 0 Å². The van der Waals surface area contributed by atoms with E-state index in [2.05, 4.69) is 17.4 Å². The summed E-state index contributed by atoms with van der Waals surface area (Å²) in [5.74, 6) is 0.971. The molecule has 3 rings (SSSR count). The number of ether oxygens (including phenoxy) is 1. The van der Waals surface area contributed by atoms with Crippen LogP contribution in [0.1, 0.15) is 21.5 Å². The molecule has 1 amide bonds. The molecule has 0 aromatic heterocycles. The summed E-state index contributed by atoms with van der Waals surface area (Å²) in [5, 5.41) is 2.98. The molecule has 0 unspecified atom stereocenters. The summed E-state index contributed by atoms with van der Waals surface area (Å²) >= 11 is 0.